The lowest BCUT2D eigenvalue weighted by molar-refractivity contribution is 0.0747. The van der Waals surface area contributed by atoms with Gasteiger partial charge >= 0.3 is 0 Å². The van der Waals surface area contributed by atoms with Gasteiger partial charge in [-0.2, -0.15) is 5.10 Å². The van der Waals surface area contributed by atoms with Crippen LogP contribution in [0.15, 0.2) is 42.7 Å². The van der Waals surface area contributed by atoms with E-state index >= 15 is 0 Å². The molecule has 0 aliphatic heterocycles. The van der Waals surface area contributed by atoms with E-state index in [1.165, 1.54) is 6.20 Å². The molecule has 1 atom stereocenters. The molecule has 1 aromatic heterocycles. The van der Waals surface area contributed by atoms with Gasteiger partial charge in [0.05, 0.1) is 11.8 Å². The van der Waals surface area contributed by atoms with Crippen LogP contribution in [-0.2, 0) is 6.54 Å². The fourth-order valence-corrected chi connectivity index (χ4v) is 1.61. The quantitative estimate of drug-likeness (QED) is 0.815. The van der Waals surface area contributed by atoms with E-state index in [1.54, 1.807) is 35.1 Å². The van der Waals surface area contributed by atoms with Crippen LogP contribution < -0.4 is 0 Å². The molecule has 17 heavy (non-hydrogen) atoms. The number of aryl methyl sites for hydroxylation is 1. The maximum atomic E-state index is 12.0. The SMILES string of the molecule is CCn1cc(C(=O)C(O)c2ccccc2)cn1. The fourth-order valence-electron chi connectivity index (χ4n) is 1.61. The second kappa shape index (κ2) is 4.93. The summed E-state index contributed by atoms with van der Waals surface area (Å²) in [4.78, 5) is 12.0. The number of aliphatic hydroxyl groups is 1. The van der Waals surface area contributed by atoms with Gasteiger partial charge in [0.15, 0.2) is 5.78 Å². The number of rotatable bonds is 4. The highest BCUT2D eigenvalue weighted by Crippen LogP contribution is 2.17. The van der Waals surface area contributed by atoms with Crippen LogP contribution in [0.25, 0.3) is 0 Å². The van der Waals surface area contributed by atoms with Gasteiger partial charge in [-0.25, -0.2) is 0 Å². The molecule has 0 bridgehead atoms. The van der Waals surface area contributed by atoms with Gasteiger partial charge in [-0.1, -0.05) is 30.3 Å². The van der Waals surface area contributed by atoms with Crippen molar-refractivity contribution in [1.82, 2.24) is 9.78 Å². The highest BCUT2D eigenvalue weighted by atomic mass is 16.3. The van der Waals surface area contributed by atoms with E-state index in [1.807, 2.05) is 13.0 Å². The Morgan fingerprint density at radius 2 is 2.12 bits per heavy atom. The molecule has 0 radical (unpaired) electrons. The van der Waals surface area contributed by atoms with Crippen molar-refractivity contribution in [3.63, 3.8) is 0 Å². The molecule has 0 saturated carbocycles. The van der Waals surface area contributed by atoms with E-state index in [0.29, 0.717) is 17.7 Å². The average Bonchev–Trinajstić information content (AvgIpc) is 2.87. The zero-order chi connectivity index (χ0) is 12.3. The molecule has 2 aromatic rings. The number of benzene rings is 1. The summed E-state index contributed by atoms with van der Waals surface area (Å²) < 4.78 is 1.66. The van der Waals surface area contributed by atoms with Crippen LogP contribution in [0.4, 0.5) is 0 Å². The number of aliphatic hydroxyl groups excluding tert-OH is 1. The standard InChI is InChI=1S/C13H14N2O2/c1-2-15-9-11(8-14-15)13(17)12(16)10-6-4-3-5-7-10/h3-9,12,16H,2H2,1H3. The predicted molar refractivity (Wildman–Crippen MR) is 63.6 cm³/mol. The summed E-state index contributed by atoms with van der Waals surface area (Å²) in [6, 6.07) is 8.89. The number of hydrogen-bond donors (Lipinski definition) is 1. The van der Waals surface area contributed by atoms with E-state index in [2.05, 4.69) is 5.10 Å². The Morgan fingerprint density at radius 3 is 2.71 bits per heavy atom. The molecule has 0 saturated heterocycles. The minimum absolute atomic E-state index is 0.323. The van der Waals surface area contributed by atoms with Gasteiger partial charge in [-0.15, -0.1) is 0 Å². The molecular weight excluding hydrogens is 216 g/mol. The molecular formula is C13H14N2O2. The molecule has 2 rings (SSSR count). The van der Waals surface area contributed by atoms with Gasteiger partial charge in [0.2, 0.25) is 0 Å². The van der Waals surface area contributed by atoms with Gasteiger partial charge in [-0.05, 0) is 12.5 Å². The number of carbonyl (C=O) groups is 1. The molecule has 0 amide bonds. The van der Waals surface area contributed by atoms with Gasteiger partial charge in [0, 0.05) is 12.7 Å². The van der Waals surface area contributed by atoms with Crippen LogP contribution in [0.3, 0.4) is 0 Å². The highest BCUT2D eigenvalue weighted by Gasteiger charge is 2.20. The lowest BCUT2D eigenvalue weighted by Crippen LogP contribution is -2.11. The molecule has 1 heterocycles. The predicted octanol–water partition coefficient (Wildman–Crippen LogP) is 1.82. The van der Waals surface area contributed by atoms with Crippen molar-refractivity contribution in [3.8, 4) is 0 Å². The third-order valence-electron chi connectivity index (χ3n) is 2.61. The molecule has 1 N–H and O–H groups in total. The van der Waals surface area contributed by atoms with Crippen LogP contribution in [-0.4, -0.2) is 20.7 Å². The number of Topliss-reactive ketones (excluding diaryl/α,β-unsaturated/α-hetero) is 1. The number of carbonyl (C=O) groups excluding carboxylic acids is 1. The summed E-state index contributed by atoms with van der Waals surface area (Å²) >= 11 is 0. The van der Waals surface area contributed by atoms with Crippen LogP contribution in [0.1, 0.15) is 28.9 Å². The zero-order valence-corrected chi connectivity index (χ0v) is 9.58. The Hall–Kier alpha value is -1.94. The summed E-state index contributed by atoms with van der Waals surface area (Å²) in [5.41, 5.74) is 1.03. The number of aromatic nitrogens is 2. The Labute approximate surface area is 99.5 Å². The second-order valence-electron chi connectivity index (χ2n) is 3.76. The second-order valence-corrected chi connectivity index (χ2v) is 3.76. The normalized spacial score (nSPS) is 12.4. The summed E-state index contributed by atoms with van der Waals surface area (Å²) in [5, 5.41) is 14.0. The van der Waals surface area contributed by atoms with E-state index in [4.69, 9.17) is 0 Å². The van der Waals surface area contributed by atoms with E-state index in [0.717, 1.165) is 0 Å². The first-order chi connectivity index (χ1) is 8.22. The topological polar surface area (TPSA) is 55.1 Å². The van der Waals surface area contributed by atoms with Crippen molar-refractivity contribution in [2.45, 2.75) is 19.6 Å². The highest BCUT2D eigenvalue weighted by molar-refractivity contribution is 5.99. The Balaban J connectivity index is 2.20. The Bertz CT molecular complexity index is 505. The summed E-state index contributed by atoms with van der Waals surface area (Å²) in [6.07, 6.45) is 2.01. The zero-order valence-electron chi connectivity index (χ0n) is 9.58. The molecule has 4 heteroatoms. The molecule has 0 aliphatic carbocycles. The number of nitrogens with zero attached hydrogens (tertiary/aromatic N) is 2. The third kappa shape index (κ3) is 2.42. The number of ketones is 1. The summed E-state index contributed by atoms with van der Waals surface area (Å²) in [7, 11) is 0. The van der Waals surface area contributed by atoms with E-state index in [9.17, 15) is 9.90 Å². The largest absolute Gasteiger partial charge is 0.380 e. The first kappa shape index (κ1) is 11.5. The molecule has 0 fully saturated rings. The van der Waals surface area contributed by atoms with E-state index < -0.39 is 6.10 Å². The Kier molecular flexibility index (Phi) is 3.35. The summed E-state index contributed by atoms with van der Waals surface area (Å²) in [5.74, 6) is -0.323. The van der Waals surface area contributed by atoms with Gasteiger partial charge in [0.1, 0.15) is 6.10 Å². The van der Waals surface area contributed by atoms with Crippen LogP contribution >= 0.6 is 0 Å². The Morgan fingerprint density at radius 1 is 1.41 bits per heavy atom. The minimum atomic E-state index is -1.12. The first-order valence-corrected chi connectivity index (χ1v) is 5.52. The maximum absolute atomic E-state index is 12.0. The molecule has 0 aliphatic rings. The smallest absolute Gasteiger partial charge is 0.198 e. The van der Waals surface area contributed by atoms with Crippen molar-refractivity contribution in [1.29, 1.82) is 0 Å². The van der Waals surface area contributed by atoms with Gasteiger partial charge < -0.3 is 5.11 Å². The molecule has 88 valence electrons. The lowest BCUT2D eigenvalue weighted by Gasteiger charge is -2.07. The maximum Gasteiger partial charge on any atom is 0.198 e. The summed E-state index contributed by atoms with van der Waals surface area (Å²) in [6.45, 7) is 2.64. The van der Waals surface area contributed by atoms with Crippen LogP contribution in [0.5, 0.6) is 0 Å². The molecule has 1 unspecified atom stereocenters. The number of hydrogen-bond acceptors (Lipinski definition) is 3. The van der Waals surface area contributed by atoms with Crippen LogP contribution in [0, 0.1) is 0 Å². The van der Waals surface area contributed by atoms with Crippen molar-refractivity contribution in [2.24, 2.45) is 0 Å². The molecule has 4 nitrogen and oxygen atoms in total. The van der Waals surface area contributed by atoms with Crippen molar-refractivity contribution < 1.29 is 9.90 Å². The van der Waals surface area contributed by atoms with Gasteiger partial charge in [-0.3, -0.25) is 9.48 Å². The average molecular weight is 230 g/mol. The third-order valence-corrected chi connectivity index (χ3v) is 2.61. The fraction of sp³-hybridized carbons (Fsp3) is 0.231. The van der Waals surface area contributed by atoms with Crippen molar-refractivity contribution >= 4 is 5.78 Å². The van der Waals surface area contributed by atoms with Gasteiger partial charge in [0.25, 0.3) is 0 Å². The first-order valence-electron chi connectivity index (χ1n) is 5.52. The molecule has 1 aromatic carbocycles. The van der Waals surface area contributed by atoms with Crippen molar-refractivity contribution in [3.05, 3.63) is 53.9 Å². The van der Waals surface area contributed by atoms with E-state index in [-0.39, 0.29) is 5.78 Å². The minimum Gasteiger partial charge on any atom is -0.380 e. The van der Waals surface area contributed by atoms with Crippen LogP contribution in [0.2, 0.25) is 0 Å². The van der Waals surface area contributed by atoms with Crippen molar-refractivity contribution in [2.75, 3.05) is 0 Å². The lowest BCUT2D eigenvalue weighted by atomic mass is 10.0. The molecule has 0 spiro atoms. The monoisotopic (exact) mass is 230 g/mol.